The van der Waals surface area contributed by atoms with Gasteiger partial charge in [-0.3, -0.25) is 4.79 Å². The molecule has 3 rings (SSSR count). The molecule has 2 N–H and O–H groups in total. The van der Waals surface area contributed by atoms with Crippen LogP contribution in [-0.2, 0) is 11.3 Å². The lowest BCUT2D eigenvalue weighted by atomic mass is 10.2. The predicted octanol–water partition coefficient (Wildman–Crippen LogP) is 6.28. The standard InChI is InChI=1S/C21H17Cl3N2O2/c22-15-7-9-20(28-13-21(27)26-17-4-2-1-3-5-17)14(10-15)12-25-19-8-6-16(23)11-18(19)24/h1-11,25H,12-13H2,(H,26,27). The molecule has 4 nitrogen and oxygen atoms in total. The number of halogens is 3. The average Bonchev–Trinajstić information content (AvgIpc) is 2.67. The van der Waals surface area contributed by atoms with E-state index in [1.165, 1.54) is 0 Å². The highest BCUT2D eigenvalue weighted by Crippen LogP contribution is 2.28. The maximum atomic E-state index is 12.1. The smallest absolute Gasteiger partial charge is 0.262 e. The van der Waals surface area contributed by atoms with Gasteiger partial charge in [-0.15, -0.1) is 0 Å². The third kappa shape index (κ3) is 5.80. The van der Waals surface area contributed by atoms with Crippen LogP contribution in [0.4, 0.5) is 11.4 Å². The molecule has 7 heteroatoms. The largest absolute Gasteiger partial charge is 0.483 e. The summed E-state index contributed by atoms with van der Waals surface area (Å²) in [6, 6.07) is 19.6. The summed E-state index contributed by atoms with van der Waals surface area (Å²) in [6.07, 6.45) is 0. The van der Waals surface area contributed by atoms with Crippen LogP contribution in [0, 0.1) is 0 Å². The van der Waals surface area contributed by atoms with Crippen LogP contribution in [0.2, 0.25) is 15.1 Å². The quantitative estimate of drug-likeness (QED) is 0.459. The van der Waals surface area contributed by atoms with E-state index in [1.807, 2.05) is 30.3 Å². The SMILES string of the molecule is O=C(COc1ccc(Cl)cc1CNc1ccc(Cl)cc1Cl)Nc1ccccc1. The van der Waals surface area contributed by atoms with E-state index in [2.05, 4.69) is 10.6 Å². The van der Waals surface area contributed by atoms with Gasteiger partial charge in [-0.05, 0) is 48.5 Å². The third-order valence-corrected chi connectivity index (χ3v) is 4.62. The molecular weight excluding hydrogens is 419 g/mol. The highest BCUT2D eigenvalue weighted by atomic mass is 35.5. The van der Waals surface area contributed by atoms with Crippen molar-refractivity contribution >= 4 is 52.1 Å². The van der Waals surface area contributed by atoms with Crippen molar-refractivity contribution in [3.8, 4) is 5.75 Å². The second-order valence-corrected chi connectivity index (χ2v) is 7.21. The van der Waals surface area contributed by atoms with Crippen LogP contribution in [0.3, 0.4) is 0 Å². The number of anilines is 2. The van der Waals surface area contributed by atoms with Crippen molar-refractivity contribution in [2.24, 2.45) is 0 Å². The zero-order chi connectivity index (χ0) is 19.9. The second-order valence-electron chi connectivity index (χ2n) is 5.93. The Morgan fingerprint density at radius 1 is 0.893 bits per heavy atom. The van der Waals surface area contributed by atoms with Gasteiger partial charge >= 0.3 is 0 Å². The van der Waals surface area contributed by atoms with Crippen LogP contribution in [0.25, 0.3) is 0 Å². The Balaban J connectivity index is 1.64. The molecule has 28 heavy (non-hydrogen) atoms. The van der Waals surface area contributed by atoms with E-state index >= 15 is 0 Å². The Labute approximate surface area is 178 Å². The van der Waals surface area contributed by atoms with E-state index in [-0.39, 0.29) is 12.5 Å². The minimum Gasteiger partial charge on any atom is -0.483 e. The summed E-state index contributed by atoms with van der Waals surface area (Å²) in [7, 11) is 0. The Hall–Kier alpha value is -2.40. The van der Waals surface area contributed by atoms with Gasteiger partial charge in [0, 0.05) is 27.8 Å². The highest BCUT2D eigenvalue weighted by molar-refractivity contribution is 6.36. The van der Waals surface area contributed by atoms with Gasteiger partial charge < -0.3 is 15.4 Å². The predicted molar refractivity (Wildman–Crippen MR) is 116 cm³/mol. The van der Waals surface area contributed by atoms with Gasteiger partial charge in [0.1, 0.15) is 5.75 Å². The van der Waals surface area contributed by atoms with Crippen molar-refractivity contribution in [3.05, 3.63) is 87.4 Å². The number of hydrogen-bond donors (Lipinski definition) is 2. The van der Waals surface area contributed by atoms with Crippen molar-refractivity contribution in [2.75, 3.05) is 17.2 Å². The number of benzene rings is 3. The first kappa shape index (κ1) is 20.3. The Kier molecular flexibility index (Phi) is 7.04. The molecule has 0 radical (unpaired) electrons. The second kappa shape index (κ2) is 9.69. The Morgan fingerprint density at radius 3 is 2.36 bits per heavy atom. The summed E-state index contributed by atoms with van der Waals surface area (Å²) in [5, 5.41) is 7.64. The molecule has 0 heterocycles. The van der Waals surface area contributed by atoms with Crippen molar-refractivity contribution in [1.29, 1.82) is 0 Å². The minimum atomic E-state index is -0.249. The molecular formula is C21H17Cl3N2O2. The molecule has 144 valence electrons. The van der Waals surface area contributed by atoms with Gasteiger partial charge in [-0.1, -0.05) is 53.0 Å². The summed E-state index contributed by atoms with van der Waals surface area (Å²) < 4.78 is 5.70. The first-order valence-electron chi connectivity index (χ1n) is 8.46. The zero-order valence-corrected chi connectivity index (χ0v) is 17.0. The molecule has 0 aliphatic heterocycles. The summed E-state index contributed by atoms with van der Waals surface area (Å²) in [5.74, 6) is 0.311. The van der Waals surface area contributed by atoms with Gasteiger partial charge in [0.2, 0.25) is 0 Å². The molecule has 0 unspecified atom stereocenters. The van der Waals surface area contributed by atoms with Crippen molar-refractivity contribution in [2.45, 2.75) is 6.54 Å². The van der Waals surface area contributed by atoms with Crippen molar-refractivity contribution in [3.63, 3.8) is 0 Å². The van der Waals surface area contributed by atoms with Crippen molar-refractivity contribution in [1.82, 2.24) is 0 Å². The van der Waals surface area contributed by atoms with E-state index < -0.39 is 0 Å². The third-order valence-electron chi connectivity index (χ3n) is 3.84. The van der Waals surface area contributed by atoms with E-state index in [9.17, 15) is 4.79 Å². The van der Waals surface area contributed by atoms with Crippen LogP contribution in [0.1, 0.15) is 5.56 Å². The van der Waals surface area contributed by atoms with Gasteiger partial charge in [0.15, 0.2) is 6.61 Å². The van der Waals surface area contributed by atoms with E-state index in [0.29, 0.717) is 33.0 Å². The number of nitrogens with one attached hydrogen (secondary N) is 2. The fraction of sp³-hybridized carbons (Fsp3) is 0.0952. The lowest BCUT2D eigenvalue weighted by Crippen LogP contribution is -2.20. The van der Waals surface area contributed by atoms with Crippen molar-refractivity contribution < 1.29 is 9.53 Å². The lowest BCUT2D eigenvalue weighted by molar-refractivity contribution is -0.118. The lowest BCUT2D eigenvalue weighted by Gasteiger charge is -2.14. The Morgan fingerprint density at radius 2 is 1.61 bits per heavy atom. The first-order valence-corrected chi connectivity index (χ1v) is 9.60. The van der Waals surface area contributed by atoms with Crippen LogP contribution in [0.15, 0.2) is 66.7 Å². The monoisotopic (exact) mass is 434 g/mol. The number of hydrogen-bond acceptors (Lipinski definition) is 3. The zero-order valence-electron chi connectivity index (χ0n) is 14.7. The van der Waals surface area contributed by atoms with Gasteiger partial charge in [-0.25, -0.2) is 0 Å². The van der Waals surface area contributed by atoms with Crippen LogP contribution in [-0.4, -0.2) is 12.5 Å². The molecule has 0 atom stereocenters. The highest BCUT2D eigenvalue weighted by Gasteiger charge is 2.09. The summed E-state index contributed by atoms with van der Waals surface area (Å²) >= 11 is 18.2. The number of para-hydroxylation sites is 1. The summed E-state index contributed by atoms with van der Waals surface area (Å²) in [6.45, 7) is 0.294. The van der Waals surface area contributed by atoms with Crippen LogP contribution < -0.4 is 15.4 Å². The maximum absolute atomic E-state index is 12.1. The number of carbonyl (C=O) groups is 1. The van der Waals surface area contributed by atoms with Crippen LogP contribution >= 0.6 is 34.8 Å². The molecule has 0 fully saturated rings. The van der Waals surface area contributed by atoms with Gasteiger partial charge in [0.05, 0.1) is 10.7 Å². The molecule has 0 aliphatic rings. The molecule has 0 saturated carbocycles. The molecule has 0 spiro atoms. The average molecular weight is 436 g/mol. The van der Waals surface area contributed by atoms with E-state index in [0.717, 1.165) is 11.3 Å². The molecule has 1 amide bonds. The van der Waals surface area contributed by atoms with Crippen LogP contribution in [0.5, 0.6) is 5.75 Å². The van der Waals surface area contributed by atoms with E-state index in [1.54, 1.807) is 36.4 Å². The number of rotatable bonds is 7. The number of ether oxygens (including phenoxy) is 1. The normalized spacial score (nSPS) is 10.4. The first-order chi connectivity index (χ1) is 13.5. The molecule has 3 aromatic carbocycles. The molecule has 3 aromatic rings. The fourth-order valence-electron chi connectivity index (χ4n) is 2.51. The number of amides is 1. The topological polar surface area (TPSA) is 50.4 Å². The molecule has 0 saturated heterocycles. The number of carbonyl (C=O) groups excluding carboxylic acids is 1. The Bertz CT molecular complexity index is 965. The van der Waals surface area contributed by atoms with Gasteiger partial charge in [-0.2, -0.15) is 0 Å². The molecule has 0 bridgehead atoms. The summed E-state index contributed by atoms with van der Waals surface area (Å²) in [5.41, 5.74) is 2.25. The summed E-state index contributed by atoms with van der Waals surface area (Å²) in [4.78, 5) is 12.1. The molecule has 0 aliphatic carbocycles. The maximum Gasteiger partial charge on any atom is 0.262 e. The van der Waals surface area contributed by atoms with E-state index in [4.69, 9.17) is 39.5 Å². The molecule has 0 aromatic heterocycles. The minimum absolute atomic E-state index is 0.120. The fourth-order valence-corrected chi connectivity index (χ4v) is 3.18. The van der Waals surface area contributed by atoms with Gasteiger partial charge in [0.25, 0.3) is 5.91 Å².